The number of carbonyl (C=O) groups excluding carboxylic acids is 1. The van der Waals surface area contributed by atoms with Crippen LogP contribution in [-0.4, -0.2) is 34.7 Å². The van der Waals surface area contributed by atoms with Crippen LogP contribution in [0.25, 0.3) is 17.0 Å². The van der Waals surface area contributed by atoms with E-state index >= 15 is 0 Å². The van der Waals surface area contributed by atoms with Gasteiger partial charge >= 0.3 is 6.03 Å². The summed E-state index contributed by atoms with van der Waals surface area (Å²) in [5.41, 5.74) is 5.57. The number of hydrogen-bond donors (Lipinski definition) is 1. The van der Waals surface area contributed by atoms with Crippen LogP contribution in [0.3, 0.4) is 0 Å². The number of aryl methyl sites for hydroxylation is 1. The first kappa shape index (κ1) is 23.4. The Hall–Kier alpha value is -4.39. The fourth-order valence-electron chi connectivity index (χ4n) is 4.52. The molecule has 2 heterocycles. The summed E-state index contributed by atoms with van der Waals surface area (Å²) in [5, 5.41) is 7.41. The van der Waals surface area contributed by atoms with Crippen molar-refractivity contribution < 1.29 is 14.1 Å². The molecule has 0 radical (unpaired) electrons. The van der Waals surface area contributed by atoms with Crippen LogP contribution >= 0.6 is 0 Å². The van der Waals surface area contributed by atoms with Gasteiger partial charge < -0.3 is 14.6 Å². The van der Waals surface area contributed by atoms with Crippen molar-refractivity contribution in [2.24, 2.45) is 0 Å². The summed E-state index contributed by atoms with van der Waals surface area (Å²) in [6.45, 7) is 4.48. The van der Waals surface area contributed by atoms with Gasteiger partial charge in [0.1, 0.15) is 5.75 Å². The number of allylic oxidation sites excluding steroid dienone is 1. The highest BCUT2D eigenvalue weighted by atomic mass is 16.5. The second-order valence-corrected chi connectivity index (χ2v) is 8.84. The summed E-state index contributed by atoms with van der Waals surface area (Å²) in [5.74, 6) is 1.59. The van der Waals surface area contributed by atoms with Gasteiger partial charge in [-0.05, 0) is 49.6 Å². The highest BCUT2D eigenvalue weighted by molar-refractivity contribution is 5.87. The molecule has 4 aromatic rings. The summed E-state index contributed by atoms with van der Waals surface area (Å²) in [4.78, 5) is 19.8. The van der Waals surface area contributed by atoms with Gasteiger partial charge in [-0.2, -0.15) is 4.98 Å². The number of nitrogens with one attached hydrogen (secondary N) is 1. The summed E-state index contributed by atoms with van der Waals surface area (Å²) in [7, 11) is 1.62. The molecule has 182 valence electrons. The number of methoxy groups -OCH3 is 1. The van der Waals surface area contributed by atoms with Gasteiger partial charge in [-0.1, -0.05) is 71.4 Å². The van der Waals surface area contributed by atoms with Crippen LogP contribution in [0.4, 0.5) is 4.79 Å². The summed E-state index contributed by atoms with van der Waals surface area (Å²) in [6.07, 6.45) is 0.723. The first-order valence-corrected chi connectivity index (χ1v) is 11.9. The molecule has 1 aliphatic heterocycles. The van der Waals surface area contributed by atoms with Gasteiger partial charge in [0.15, 0.2) is 0 Å². The highest BCUT2D eigenvalue weighted by Gasteiger charge is 2.35. The number of urea groups is 1. The van der Waals surface area contributed by atoms with Gasteiger partial charge in [0.2, 0.25) is 5.82 Å². The second-order valence-electron chi connectivity index (χ2n) is 8.84. The lowest BCUT2D eigenvalue weighted by Gasteiger charge is -2.35. The minimum atomic E-state index is -0.466. The first-order chi connectivity index (χ1) is 17.5. The predicted molar refractivity (Wildman–Crippen MR) is 138 cm³/mol. The molecular formula is C29H28N4O3. The van der Waals surface area contributed by atoms with Crippen molar-refractivity contribution in [2.45, 2.75) is 26.3 Å². The molecule has 7 heteroatoms. The van der Waals surface area contributed by atoms with Crippen molar-refractivity contribution in [1.82, 2.24) is 20.4 Å². The minimum Gasteiger partial charge on any atom is -0.497 e. The smallest absolute Gasteiger partial charge is 0.322 e. The zero-order valence-corrected chi connectivity index (χ0v) is 20.6. The number of nitrogens with zero attached hydrogens (tertiary/aromatic N) is 3. The first-order valence-electron chi connectivity index (χ1n) is 11.9. The van der Waals surface area contributed by atoms with Crippen LogP contribution in [0.2, 0.25) is 0 Å². The number of amides is 2. The molecular weight excluding hydrogens is 452 g/mol. The molecule has 7 nitrogen and oxygen atoms in total. The summed E-state index contributed by atoms with van der Waals surface area (Å²) < 4.78 is 11.2. The zero-order chi connectivity index (χ0) is 25.1. The molecule has 1 atom stereocenters. The SMILES string of the molecule is COc1cccc(C2NC(=O)N(CCc3ccccc3)C(C)=C2c2nc(-c3cccc(C)c3)no2)c1. The van der Waals surface area contributed by atoms with Crippen molar-refractivity contribution in [2.75, 3.05) is 13.7 Å². The standard InChI is InChI=1S/C29H28N4O3/c1-19-9-7-13-23(17-19)27-31-28(36-32-27)25-20(2)33(16-15-21-10-5-4-6-11-21)29(34)30-26(25)22-12-8-14-24(18-22)35-3/h4-14,17-18,26H,15-16H2,1-3H3,(H,30,34). The lowest BCUT2D eigenvalue weighted by molar-refractivity contribution is 0.205. The summed E-state index contributed by atoms with van der Waals surface area (Å²) >= 11 is 0. The Morgan fingerprint density at radius 1 is 1.00 bits per heavy atom. The maximum Gasteiger partial charge on any atom is 0.322 e. The molecule has 1 N–H and O–H groups in total. The second kappa shape index (κ2) is 10.1. The van der Waals surface area contributed by atoms with E-state index in [-0.39, 0.29) is 6.03 Å². The van der Waals surface area contributed by atoms with Crippen molar-refractivity contribution in [1.29, 1.82) is 0 Å². The molecule has 1 aliphatic rings. The molecule has 0 saturated carbocycles. The van der Waals surface area contributed by atoms with E-state index in [4.69, 9.17) is 14.2 Å². The molecule has 0 saturated heterocycles. The Kier molecular flexibility index (Phi) is 6.54. The zero-order valence-electron chi connectivity index (χ0n) is 20.6. The molecule has 1 unspecified atom stereocenters. The number of carbonyl (C=O) groups is 1. The molecule has 0 aliphatic carbocycles. The minimum absolute atomic E-state index is 0.168. The van der Waals surface area contributed by atoms with Crippen LogP contribution in [-0.2, 0) is 6.42 Å². The van der Waals surface area contributed by atoms with Gasteiger partial charge in [-0.3, -0.25) is 4.90 Å². The quantitative estimate of drug-likeness (QED) is 0.362. The van der Waals surface area contributed by atoms with E-state index < -0.39 is 6.04 Å². The van der Waals surface area contributed by atoms with Gasteiger partial charge in [-0.25, -0.2) is 4.79 Å². The van der Waals surface area contributed by atoms with Crippen molar-refractivity contribution in [3.63, 3.8) is 0 Å². The van der Waals surface area contributed by atoms with Gasteiger partial charge in [0, 0.05) is 17.8 Å². The number of aromatic nitrogens is 2. The molecule has 1 aromatic heterocycles. The molecule has 0 bridgehead atoms. The van der Waals surface area contributed by atoms with E-state index in [0.717, 1.165) is 39.9 Å². The third-order valence-electron chi connectivity index (χ3n) is 6.42. The average molecular weight is 481 g/mol. The van der Waals surface area contributed by atoms with E-state index in [1.807, 2.05) is 80.6 Å². The normalized spacial score (nSPS) is 15.7. The maximum absolute atomic E-state index is 13.3. The van der Waals surface area contributed by atoms with Gasteiger partial charge in [-0.15, -0.1) is 0 Å². The molecule has 0 spiro atoms. The number of ether oxygens (including phenoxy) is 1. The van der Waals surface area contributed by atoms with Crippen molar-refractivity contribution >= 4 is 11.6 Å². The van der Waals surface area contributed by atoms with Crippen LogP contribution in [0, 0.1) is 6.92 Å². The number of benzene rings is 3. The van der Waals surface area contributed by atoms with Gasteiger partial charge in [0.25, 0.3) is 5.89 Å². The lowest BCUT2D eigenvalue weighted by Crippen LogP contribution is -2.46. The van der Waals surface area contributed by atoms with E-state index in [1.54, 1.807) is 12.0 Å². The molecule has 0 fully saturated rings. The van der Waals surface area contributed by atoms with E-state index in [2.05, 4.69) is 22.6 Å². The Morgan fingerprint density at radius 3 is 2.58 bits per heavy atom. The monoisotopic (exact) mass is 480 g/mol. The van der Waals surface area contributed by atoms with E-state index in [0.29, 0.717) is 24.0 Å². The number of hydrogen-bond acceptors (Lipinski definition) is 5. The maximum atomic E-state index is 13.3. The van der Waals surface area contributed by atoms with Gasteiger partial charge in [0.05, 0.1) is 18.7 Å². The average Bonchev–Trinajstić information content (AvgIpc) is 3.39. The fourth-order valence-corrected chi connectivity index (χ4v) is 4.52. The predicted octanol–water partition coefficient (Wildman–Crippen LogP) is 5.79. The Labute approximate surface area is 210 Å². The Balaban J connectivity index is 1.56. The Morgan fingerprint density at radius 2 is 1.81 bits per heavy atom. The third-order valence-corrected chi connectivity index (χ3v) is 6.42. The largest absolute Gasteiger partial charge is 0.497 e. The molecule has 5 rings (SSSR count). The molecule has 2 amide bonds. The number of rotatable bonds is 7. The van der Waals surface area contributed by atoms with E-state index in [9.17, 15) is 4.79 Å². The van der Waals surface area contributed by atoms with Crippen molar-refractivity contribution in [3.8, 4) is 17.1 Å². The van der Waals surface area contributed by atoms with Crippen LogP contribution < -0.4 is 10.1 Å². The Bertz CT molecular complexity index is 1410. The third kappa shape index (κ3) is 4.73. The molecule has 3 aromatic carbocycles. The van der Waals surface area contributed by atoms with Crippen LogP contribution in [0.5, 0.6) is 5.75 Å². The van der Waals surface area contributed by atoms with Crippen molar-refractivity contribution in [3.05, 3.63) is 107 Å². The fraction of sp³-hybridized carbons (Fsp3) is 0.207. The van der Waals surface area contributed by atoms with Crippen LogP contribution in [0.15, 0.2) is 89.1 Å². The lowest BCUT2D eigenvalue weighted by atomic mass is 9.94. The summed E-state index contributed by atoms with van der Waals surface area (Å²) in [6, 6.07) is 25.1. The molecule has 36 heavy (non-hydrogen) atoms. The topological polar surface area (TPSA) is 80.5 Å². The van der Waals surface area contributed by atoms with E-state index in [1.165, 1.54) is 0 Å². The highest BCUT2D eigenvalue weighted by Crippen LogP contribution is 2.38. The van der Waals surface area contributed by atoms with Crippen LogP contribution in [0.1, 0.15) is 35.5 Å².